The first-order valence-electron chi connectivity index (χ1n) is 8.66. The van der Waals surface area contributed by atoms with Gasteiger partial charge in [0.25, 0.3) is 5.56 Å². The number of hydrogen-bond acceptors (Lipinski definition) is 3. The van der Waals surface area contributed by atoms with Gasteiger partial charge in [-0.05, 0) is 12.1 Å². The highest BCUT2D eigenvalue weighted by Crippen LogP contribution is 2.34. The number of alkyl halides is 3. The molecule has 0 spiro atoms. The van der Waals surface area contributed by atoms with Crippen molar-refractivity contribution in [3.8, 4) is 0 Å². The highest BCUT2D eigenvalue weighted by Gasteiger charge is 2.35. The molecular weight excluding hydrogens is 362 g/mol. The van der Waals surface area contributed by atoms with Crippen molar-refractivity contribution in [2.45, 2.75) is 51.9 Å². The second-order valence-corrected chi connectivity index (χ2v) is 7.81. The van der Waals surface area contributed by atoms with E-state index >= 15 is 0 Å². The molecule has 0 saturated carbocycles. The van der Waals surface area contributed by atoms with Crippen molar-refractivity contribution >= 4 is 0 Å². The summed E-state index contributed by atoms with van der Waals surface area (Å²) in [5.74, 6) is -0.320. The molecule has 2 aromatic rings. The summed E-state index contributed by atoms with van der Waals surface area (Å²) < 4.78 is 53.7. The van der Waals surface area contributed by atoms with E-state index < -0.39 is 23.1 Å². The van der Waals surface area contributed by atoms with E-state index in [4.69, 9.17) is 0 Å². The molecule has 0 aliphatic carbocycles. The van der Waals surface area contributed by atoms with Crippen LogP contribution in [0.4, 0.5) is 17.6 Å². The normalized spacial score (nSPS) is 15.7. The summed E-state index contributed by atoms with van der Waals surface area (Å²) in [6, 6.07) is 2.95. The topological polar surface area (TPSA) is 49.0 Å². The molecule has 146 valence electrons. The fourth-order valence-electron chi connectivity index (χ4n) is 3.18. The minimum atomic E-state index is -4.63. The molecule has 1 aromatic carbocycles. The smallest absolute Gasteiger partial charge is 0.310 e. The maximum atomic E-state index is 14.1. The van der Waals surface area contributed by atoms with Crippen molar-refractivity contribution in [2.24, 2.45) is 0 Å². The fourth-order valence-corrected chi connectivity index (χ4v) is 3.18. The molecule has 0 fully saturated rings. The summed E-state index contributed by atoms with van der Waals surface area (Å²) in [6.07, 6.45) is -4.20. The summed E-state index contributed by atoms with van der Waals surface area (Å²) in [4.78, 5) is 21.4. The van der Waals surface area contributed by atoms with E-state index in [0.717, 1.165) is 18.2 Å². The lowest BCUT2D eigenvalue weighted by Crippen LogP contribution is -2.37. The Morgan fingerprint density at radius 3 is 2.56 bits per heavy atom. The van der Waals surface area contributed by atoms with E-state index in [2.05, 4.69) is 9.97 Å². The quantitative estimate of drug-likeness (QED) is 0.803. The van der Waals surface area contributed by atoms with Crippen LogP contribution in [-0.4, -0.2) is 21.4 Å². The molecule has 0 bridgehead atoms. The second kappa shape index (κ2) is 6.74. The van der Waals surface area contributed by atoms with E-state index in [1.807, 2.05) is 20.8 Å². The van der Waals surface area contributed by atoms with Gasteiger partial charge in [-0.25, -0.2) is 9.37 Å². The van der Waals surface area contributed by atoms with Crippen LogP contribution in [0.25, 0.3) is 0 Å². The van der Waals surface area contributed by atoms with Crippen LogP contribution in [0.15, 0.2) is 23.0 Å². The molecule has 2 heterocycles. The van der Waals surface area contributed by atoms with Crippen LogP contribution >= 0.6 is 0 Å². The maximum absolute atomic E-state index is 14.1. The van der Waals surface area contributed by atoms with Crippen LogP contribution in [0.2, 0.25) is 0 Å². The summed E-state index contributed by atoms with van der Waals surface area (Å²) in [7, 11) is 0. The number of aromatic nitrogens is 2. The monoisotopic (exact) mass is 383 g/mol. The van der Waals surface area contributed by atoms with Crippen molar-refractivity contribution < 1.29 is 17.6 Å². The predicted molar refractivity (Wildman–Crippen MR) is 92.8 cm³/mol. The maximum Gasteiger partial charge on any atom is 0.416 e. The highest BCUT2D eigenvalue weighted by molar-refractivity contribution is 5.32. The molecule has 27 heavy (non-hydrogen) atoms. The third-order valence-corrected chi connectivity index (χ3v) is 4.66. The Morgan fingerprint density at radius 2 is 1.93 bits per heavy atom. The van der Waals surface area contributed by atoms with Gasteiger partial charge in [0.1, 0.15) is 11.6 Å². The number of nitrogens with one attached hydrogen (secondary N) is 1. The second-order valence-electron chi connectivity index (χ2n) is 7.81. The molecule has 1 aromatic heterocycles. The molecule has 8 heteroatoms. The summed E-state index contributed by atoms with van der Waals surface area (Å²) in [5.41, 5.74) is -0.907. The van der Waals surface area contributed by atoms with Gasteiger partial charge in [-0.3, -0.25) is 9.69 Å². The van der Waals surface area contributed by atoms with Crippen molar-refractivity contribution in [1.29, 1.82) is 0 Å². The average molecular weight is 383 g/mol. The van der Waals surface area contributed by atoms with Gasteiger partial charge in [0, 0.05) is 37.0 Å². The van der Waals surface area contributed by atoms with Crippen LogP contribution in [0.5, 0.6) is 0 Å². The van der Waals surface area contributed by atoms with Gasteiger partial charge in [-0.15, -0.1) is 0 Å². The number of fused-ring (bicyclic) bond motifs is 1. The first kappa shape index (κ1) is 19.5. The van der Waals surface area contributed by atoms with Gasteiger partial charge < -0.3 is 4.98 Å². The van der Waals surface area contributed by atoms with Gasteiger partial charge in [0.05, 0.1) is 16.8 Å². The first-order chi connectivity index (χ1) is 12.5. The van der Waals surface area contributed by atoms with E-state index in [0.29, 0.717) is 30.0 Å². The number of rotatable bonds is 2. The Bertz CT molecular complexity index is 913. The number of H-pyrrole nitrogens is 1. The van der Waals surface area contributed by atoms with E-state index in [1.54, 1.807) is 4.90 Å². The predicted octanol–water partition coefficient (Wildman–Crippen LogP) is 3.78. The molecule has 0 saturated heterocycles. The number of hydrogen-bond donors (Lipinski definition) is 1. The molecule has 0 amide bonds. The molecule has 4 nitrogen and oxygen atoms in total. The Kier molecular flexibility index (Phi) is 4.88. The van der Waals surface area contributed by atoms with E-state index in [-0.39, 0.29) is 24.1 Å². The number of nitrogens with zero attached hydrogens (tertiary/aromatic N) is 2. The van der Waals surface area contributed by atoms with E-state index in [9.17, 15) is 22.4 Å². The third kappa shape index (κ3) is 4.05. The van der Waals surface area contributed by atoms with Crippen LogP contribution in [-0.2, 0) is 31.1 Å². The van der Waals surface area contributed by atoms with Crippen LogP contribution in [0.1, 0.15) is 49.0 Å². The average Bonchev–Trinajstić information content (AvgIpc) is 2.55. The molecular formula is C19H21F4N3O. The zero-order valence-corrected chi connectivity index (χ0v) is 15.4. The van der Waals surface area contributed by atoms with Gasteiger partial charge >= 0.3 is 6.18 Å². The lowest BCUT2D eigenvalue weighted by molar-refractivity contribution is -0.138. The zero-order chi connectivity index (χ0) is 20.0. The van der Waals surface area contributed by atoms with Crippen LogP contribution in [0, 0.1) is 5.82 Å². The molecule has 3 rings (SSSR count). The Labute approximate surface area is 154 Å². The van der Waals surface area contributed by atoms with Crippen molar-refractivity contribution in [3.63, 3.8) is 0 Å². The number of aromatic amines is 1. The Morgan fingerprint density at radius 1 is 1.22 bits per heavy atom. The van der Waals surface area contributed by atoms with Crippen molar-refractivity contribution in [1.82, 2.24) is 14.9 Å². The fraction of sp³-hybridized carbons (Fsp3) is 0.474. The minimum Gasteiger partial charge on any atom is -0.310 e. The molecule has 1 aliphatic rings. The lowest BCUT2D eigenvalue weighted by Gasteiger charge is -2.29. The van der Waals surface area contributed by atoms with E-state index in [1.165, 1.54) is 0 Å². The molecule has 1 N–H and O–H groups in total. The zero-order valence-electron chi connectivity index (χ0n) is 15.4. The number of benzene rings is 1. The standard InChI is InChI=1S/C19H21F4N3O/c1-18(2,3)17-24-15-7-8-26(10-12(15)16(27)25-17)9-11-13(19(21,22)23)5-4-6-14(11)20/h4-6H,7-10H2,1-3H3,(H,24,25,27). The van der Waals surface area contributed by atoms with Crippen LogP contribution < -0.4 is 5.56 Å². The van der Waals surface area contributed by atoms with Gasteiger partial charge in [0.15, 0.2) is 0 Å². The summed E-state index contributed by atoms with van der Waals surface area (Å²) >= 11 is 0. The highest BCUT2D eigenvalue weighted by atomic mass is 19.4. The SMILES string of the molecule is CC(C)(C)c1nc2c(c(=O)[nH]1)CN(Cc1c(F)cccc1C(F)(F)F)CC2. The molecule has 0 atom stereocenters. The van der Waals surface area contributed by atoms with Crippen molar-refractivity contribution in [2.75, 3.05) is 6.54 Å². The van der Waals surface area contributed by atoms with Gasteiger partial charge in [0.2, 0.25) is 0 Å². The van der Waals surface area contributed by atoms with Gasteiger partial charge in [-0.1, -0.05) is 26.8 Å². The molecule has 0 radical (unpaired) electrons. The summed E-state index contributed by atoms with van der Waals surface area (Å²) in [5, 5.41) is 0. The summed E-state index contributed by atoms with van der Waals surface area (Å²) in [6.45, 7) is 6.12. The lowest BCUT2D eigenvalue weighted by atomic mass is 9.94. The molecule has 0 unspecified atom stereocenters. The first-order valence-corrected chi connectivity index (χ1v) is 8.66. The Hall–Kier alpha value is -2.22. The number of halogens is 4. The Balaban J connectivity index is 1.90. The van der Waals surface area contributed by atoms with Crippen LogP contribution in [0.3, 0.4) is 0 Å². The third-order valence-electron chi connectivity index (χ3n) is 4.66. The van der Waals surface area contributed by atoms with Crippen molar-refractivity contribution in [3.05, 3.63) is 62.6 Å². The van der Waals surface area contributed by atoms with Gasteiger partial charge in [-0.2, -0.15) is 13.2 Å². The minimum absolute atomic E-state index is 0.133. The largest absolute Gasteiger partial charge is 0.416 e. The molecule has 1 aliphatic heterocycles.